The smallest absolute Gasteiger partial charge is 0.257 e. The van der Waals surface area contributed by atoms with Crippen LogP contribution in [0.25, 0.3) is 11.4 Å². The van der Waals surface area contributed by atoms with Gasteiger partial charge in [0.1, 0.15) is 4.90 Å². The number of sulfonamides is 1. The Morgan fingerprint density at radius 1 is 1.24 bits per heavy atom. The maximum Gasteiger partial charge on any atom is 0.257 e. The highest BCUT2D eigenvalue weighted by molar-refractivity contribution is 7.89. The lowest BCUT2D eigenvalue weighted by atomic mass is 10.1. The number of aryl methyl sites for hydroxylation is 3. The first-order valence-corrected chi connectivity index (χ1v) is 10.9. The molecule has 1 aliphatic heterocycles. The largest absolute Gasteiger partial charge is 0.366 e. The third-order valence-electron chi connectivity index (χ3n) is 4.98. The molecule has 1 fully saturated rings. The molecule has 2 aromatic heterocycles. The van der Waals surface area contributed by atoms with Gasteiger partial charge in [-0.1, -0.05) is 29.4 Å². The molecule has 0 aliphatic carbocycles. The fourth-order valence-corrected chi connectivity index (χ4v) is 4.94. The lowest BCUT2D eigenvalue weighted by Gasteiger charge is -2.30. The number of ether oxygens (including phenoxy) is 1. The molecule has 1 atom stereocenters. The summed E-state index contributed by atoms with van der Waals surface area (Å²) < 4.78 is 40.4. The van der Waals surface area contributed by atoms with Crippen molar-refractivity contribution in [1.29, 1.82) is 0 Å². The van der Waals surface area contributed by atoms with E-state index in [4.69, 9.17) is 9.26 Å². The van der Waals surface area contributed by atoms with Crippen LogP contribution < -0.4 is 0 Å². The van der Waals surface area contributed by atoms with E-state index in [9.17, 15) is 8.42 Å². The molecule has 29 heavy (non-hydrogen) atoms. The molecular formula is C19H23N5O4S. The van der Waals surface area contributed by atoms with E-state index in [0.717, 1.165) is 11.1 Å². The third-order valence-corrected chi connectivity index (χ3v) is 6.94. The van der Waals surface area contributed by atoms with Crippen LogP contribution >= 0.6 is 0 Å². The molecule has 10 heteroatoms. The van der Waals surface area contributed by atoms with E-state index in [2.05, 4.69) is 15.2 Å². The van der Waals surface area contributed by atoms with E-state index in [1.165, 1.54) is 4.31 Å². The highest BCUT2D eigenvalue weighted by atomic mass is 32.2. The number of benzene rings is 1. The van der Waals surface area contributed by atoms with Crippen LogP contribution in [0.1, 0.15) is 30.2 Å². The topological polar surface area (TPSA) is 103 Å². The highest BCUT2D eigenvalue weighted by Crippen LogP contribution is 2.28. The second-order valence-corrected chi connectivity index (χ2v) is 8.83. The quantitative estimate of drug-likeness (QED) is 0.627. The van der Waals surface area contributed by atoms with Crippen LogP contribution in [0.5, 0.6) is 0 Å². The van der Waals surface area contributed by atoms with Crippen LogP contribution in [-0.2, 0) is 21.3 Å². The van der Waals surface area contributed by atoms with Crippen LogP contribution in [0.4, 0.5) is 0 Å². The van der Waals surface area contributed by atoms with Gasteiger partial charge in [0.05, 0.1) is 12.3 Å². The zero-order valence-corrected chi connectivity index (χ0v) is 17.4. The minimum Gasteiger partial charge on any atom is -0.366 e. The van der Waals surface area contributed by atoms with Crippen molar-refractivity contribution in [2.75, 3.05) is 19.7 Å². The monoisotopic (exact) mass is 417 g/mol. The summed E-state index contributed by atoms with van der Waals surface area (Å²) in [4.78, 5) is 4.66. The van der Waals surface area contributed by atoms with Crippen LogP contribution in [0.3, 0.4) is 0 Å². The number of rotatable bonds is 5. The van der Waals surface area contributed by atoms with Crippen molar-refractivity contribution >= 4 is 10.0 Å². The molecular weight excluding hydrogens is 394 g/mol. The Morgan fingerprint density at radius 2 is 2.03 bits per heavy atom. The summed E-state index contributed by atoms with van der Waals surface area (Å²) in [6.45, 7) is 6.79. The minimum atomic E-state index is -3.69. The summed E-state index contributed by atoms with van der Waals surface area (Å²) in [5.41, 5.74) is 2.37. The Balaban J connectivity index is 1.57. The van der Waals surface area contributed by atoms with Crippen LogP contribution in [-0.4, -0.2) is 52.3 Å². The predicted molar refractivity (Wildman–Crippen MR) is 105 cm³/mol. The zero-order valence-electron chi connectivity index (χ0n) is 16.6. The Bertz CT molecular complexity index is 1120. The maximum absolute atomic E-state index is 13.1. The SMILES string of the molecule is CCn1cc(S(=O)(=O)N2CCO[C@H](c3nc(-c4ccccc4C)no3)C2)c(C)n1. The summed E-state index contributed by atoms with van der Waals surface area (Å²) in [7, 11) is -3.69. The van der Waals surface area contributed by atoms with E-state index in [1.807, 2.05) is 38.1 Å². The van der Waals surface area contributed by atoms with Crippen molar-refractivity contribution in [2.24, 2.45) is 0 Å². The Morgan fingerprint density at radius 3 is 2.76 bits per heavy atom. The van der Waals surface area contributed by atoms with Crippen molar-refractivity contribution in [3.63, 3.8) is 0 Å². The molecule has 0 saturated carbocycles. The first kappa shape index (κ1) is 19.7. The Labute approximate surface area is 169 Å². The second-order valence-electron chi connectivity index (χ2n) is 6.93. The number of morpholine rings is 1. The van der Waals surface area contributed by atoms with Crippen LogP contribution in [0.15, 0.2) is 39.9 Å². The van der Waals surface area contributed by atoms with Gasteiger partial charge in [-0.3, -0.25) is 4.68 Å². The molecule has 0 radical (unpaired) electrons. The molecule has 1 saturated heterocycles. The van der Waals surface area contributed by atoms with Crippen molar-refractivity contribution in [2.45, 2.75) is 38.3 Å². The van der Waals surface area contributed by atoms with E-state index in [-0.39, 0.29) is 30.5 Å². The molecule has 0 amide bonds. The average Bonchev–Trinajstić information content (AvgIpc) is 3.35. The van der Waals surface area contributed by atoms with Gasteiger partial charge in [-0.25, -0.2) is 8.42 Å². The average molecular weight is 417 g/mol. The van der Waals surface area contributed by atoms with Crippen molar-refractivity contribution in [1.82, 2.24) is 24.2 Å². The highest BCUT2D eigenvalue weighted by Gasteiger charge is 2.35. The Hall–Kier alpha value is -2.56. The second kappa shape index (κ2) is 7.69. The summed E-state index contributed by atoms with van der Waals surface area (Å²) in [6.07, 6.45) is 0.948. The molecule has 0 N–H and O–H groups in total. The fraction of sp³-hybridized carbons (Fsp3) is 0.421. The first-order chi connectivity index (χ1) is 13.9. The van der Waals surface area contributed by atoms with Gasteiger partial charge in [0.15, 0.2) is 6.10 Å². The van der Waals surface area contributed by atoms with Gasteiger partial charge in [0.25, 0.3) is 5.89 Å². The van der Waals surface area contributed by atoms with Gasteiger partial charge in [-0.2, -0.15) is 14.4 Å². The van der Waals surface area contributed by atoms with Gasteiger partial charge >= 0.3 is 0 Å². The van der Waals surface area contributed by atoms with Crippen LogP contribution in [0, 0.1) is 13.8 Å². The van der Waals surface area contributed by atoms with Gasteiger partial charge < -0.3 is 9.26 Å². The molecule has 4 rings (SSSR count). The molecule has 3 aromatic rings. The lowest BCUT2D eigenvalue weighted by Crippen LogP contribution is -2.42. The van der Waals surface area contributed by atoms with E-state index in [0.29, 0.717) is 18.1 Å². The van der Waals surface area contributed by atoms with Crippen molar-refractivity contribution < 1.29 is 17.7 Å². The first-order valence-electron chi connectivity index (χ1n) is 9.45. The normalized spacial score (nSPS) is 18.2. The molecule has 0 bridgehead atoms. The third kappa shape index (κ3) is 3.70. The zero-order chi connectivity index (χ0) is 20.6. The van der Waals surface area contributed by atoms with Crippen LogP contribution in [0.2, 0.25) is 0 Å². The summed E-state index contributed by atoms with van der Waals surface area (Å²) >= 11 is 0. The van der Waals surface area contributed by atoms with Crippen molar-refractivity contribution in [3.8, 4) is 11.4 Å². The minimum absolute atomic E-state index is 0.106. The maximum atomic E-state index is 13.1. The number of nitrogens with zero attached hydrogens (tertiary/aromatic N) is 5. The van der Waals surface area contributed by atoms with Gasteiger partial charge in [-0.05, 0) is 26.3 Å². The summed E-state index contributed by atoms with van der Waals surface area (Å²) in [5.74, 6) is 0.728. The number of hydrogen-bond donors (Lipinski definition) is 0. The Kier molecular flexibility index (Phi) is 5.24. The number of hydrogen-bond acceptors (Lipinski definition) is 7. The standard InChI is InChI=1S/C19H23N5O4S/c1-4-23-12-17(14(3)21-23)29(25,26)24-9-10-27-16(11-24)19-20-18(22-28-19)15-8-6-5-7-13(15)2/h5-8,12,16H,4,9-11H2,1-3H3/t16-/m0/s1. The molecule has 0 spiro atoms. The van der Waals surface area contributed by atoms with Gasteiger partial charge in [0, 0.05) is 31.4 Å². The lowest BCUT2D eigenvalue weighted by molar-refractivity contribution is -0.0199. The van der Waals surface area contributed by atoms with E-state index >= 15 is 0 Å². The molecule has 9 nitrogen and oxygen atoms in total. The molecule has 154 valence electrons. The van der Waals surface area contributed by atoms with E-state index in [1.54, 1.807) is 17.8 Å². The van der Waals surface area contributed by atoms with E-state index < -0.39 is 16.1 Å². The molecule has 3 heterocycles. The van der Waals surface area contributed by atoms with Gasteiger partial charge in [-0.15, -0.1) is 0 Å². The molecule has 0 unspecified atom stereocenters. The van der Waals surface area contributed by atoms with Crippen molar-refractivity contribution in [3.05, 3.63) is 47.6 Å². The molecule has 1 aromatic carbocycles. The number of aromatic nitrogens is 4. The predicted octanol–water partition coefficient (Wildman–Crippen LogP) is 2.33. The summed E-state index contributed by atoms with van der Waals surface area (Å²) in [6, 6.07) is 7.73. The van der Waals surface area contributed by atoms with Gasteiger partial charge in [0.2, 0.25) is 15.8 Å². The summed E-state index contributed by atoms with van der Waals surface area (Å²) in [5, 5.41) is 8.30. The fourth-order valence-electron chi connectivity index (χ4n) is 3.35. The molecule has 1 aliphatic rings.